The highest BCUT2D eigenvalue weighted by atomic mass is 16.5. The van der Waals surface area contributed by atoms with Gasteiger partial charge in [0.25, 0.3) is 0 Å². The van der Waals surface area contributed by atoms with E-state index in [9.17, 15) is 5.11 Å². The molecule has 1 aliphatic carbocycles. The average molecular weight is 263 g/mol. The Morgan fingerprint density at radius 1 is 1.37 bits per heavy atom. The second kappa shape index (κ2) is 6.92. The van der Waals surface area contributed by atoms with E-state index in [4.69, 9.17) is 4.74 Å². The fourth-order valence-corrected chi connectivity index (χ4v) is 2.53. The molecule has 1 aromatic carbocycles. The van der Waals surface area contributed by atoms with E-state index in [1.165, 1.54) is 18.4 Å². The molecule has 0 unspecified atom stereocenters. The Hall–Kier alpha value is -1.06. The van der Waals surface area contributed by atoms with Crippen LogP contribution < -0.4 is 4.74 Å². The Morgan fingerprint density at radius 3 is 2.74 bits per heavy atom. The topological polar surface area (TPSA) is 32.7 Å². The lowest BCUT2D eigenvalue weighted by Crippen LogP contribution is -2.33. The maximum absolute atomic E-state index is 10.0. The molecule has 1 saturated carbocycles. The summed E-state index contributed by atoms with van der Waals surface area (Å²) in [5.74, 6) is 0.943. The quantitative estimate of drug-likeness (QED) is 0.783. The van der Waals surface area contributed by atoms with E-state index in [2.05, 4.69) is 17.9 Å². The van der Waals surface area contributed by atoms with Crippen LogP contribution in [0.1, 0.15) is 38.2 Å². The lowest BCUT2D eigenvalue weighted by Gasteiger charge is -2.25. The molecule has 1 aliphatic rings. The molecule has 3 heteroatoms. The average Bonchev–Trinajstić information content (AvgIpc) is 3.23. The Balaban J connectivity index is 2.00. The van der Waals surface area contributed by atoms with Gasteiger partial charge in [0.15, 0.2) is 0 Å². The number of hydrogen-bond donors (Lipinski definition) is 1. The molecule has 1 aromatic rings. The molecule has 106 valence electrons. The lowest BCUT2D eigenvalue weighted by molar-refractivity contribution is 0.0962. The zero-order chi connectivity index (χ0) is 13.7. The van der Waals surface area contributed by atoms with Crippen molar-refractivity contribution >= 4 is 0 Å². The highest BCUT2D eigenvalue weighted by molar-refractivity contribution is 5.33. The molecule has 0 spiro atoms. The fourth-order valence-electron chi connectivity index (χ4n) is 2.53. The van der Waals surface area contributed by atoms with Crippen LogP contribution in [-0.4, -0.2) is 35.8 Å². The van der Waals surface area contributed by atoms with Crippen molar-refractivity contribution < 1.29 is 9.84 Å². The van der Waals surface area contributed by atoms with Crippen molar-refractivity contribution in [2.75, 3.05) is 13.7 Å². The van der Waals surface area contributed by atoms with Crippen molar-refractivity contribution in [1.29, 1.82) is 0 Å². The summed E-state index contributed by atoms with van der Waals surface area (Å²) < 4.78 is 5.41. The van der Waals surface area contributed by atoms with Gasteiger partial charge in [-0.1, -0.05) is 31.5 Å². The van der Waals surface area contributed by atoms with Crippen molar-refractivity contribution in [2.45, 2.75) is 51.3 Å². The molecular formula is C16H25NO2. The first kappa shape index (κ1) is 14.4. The van der Waals surface area contributed by atoms with Crippen LogP contribution in [0.15, 0.2) is 24.3 Å². The van der Waals surface area contributed by atoms with Crippen LogP contribution in [0.5, 0.6) is 5.75 Å². The Labute approximate surface area is 116 Å². The Kier molecular flexibility index (Phi) is 5.23. The number of methoxy groups -OCH3 is 1. The largest absolute Gasteiger partial charge is 0.496 e. The van der Waals surface area contributed by atoms with E-state index < -0.39 is 0 Å². The van der Waals surface area contributed by atoms with Gasteiger partial charge in [-0.3, -0.25) is 4.90 Å². The zero-order valence-electron chi connectivity index (χ0n) is 12.0. The first-order chi connectivity index (χ1) is 9.24. The normalized spacial score (nSPS) is 16.6. The van der Waals surface area contributed by atoms with Crippen LogP contribution in [0.25, 0.3) is 0 Å². The molecule has 2 rings (SSSR count). The second-order valence-electron chi connectivity index (χ2n) is 5.41. The summed E-state index contributed by atoms with van der Waals surface area (Å²) in [6, 6.07) is 8.81. The summed E-state index contributed by atoms with van der Waals surface area (Å²) in [4.78, 5) is 2.40. The first-order valence-corrected chi connectivity index (χ1v) is 7.28. The number of aliphatic hydroxyl groups is 1. The number of aliphatic hydroxyl groups excluding tert-OH is 1. The van der Waals surface area contributed by atoms with Gasteiger partial charge in [-0.25, -0.2) is 0 Å². The molecular weight excluding hydrogens is 238 g/mol. The van der Waals surface area contributed by atoms with E-state index in [-0.39, 0.29) is 6.10 Å². The Morgan fingerprint density at radius 2 is 2.11 bits per heavy atom. The molecule has 0 amide bonds. The molecule has 1 fully saturated rings. The number of para-hydroxylation sites is 1. The number of rotatable bonds is 8. The predicted octanol–water partition coefficient (Wildman–Crippen LogP) is 2.82. The van der Waals surface area contributed by atoms with Crippen molar-refractivity contribution in [3.05, 3.63) is 29.8 Å². The molecule has 3 nitrogen and oxygen atoms in total. The van der Waals surface area contributed by atoms with Crippen LogP contribution in [0.4, 0.5) is 0 Å². The monoisotopic (exact) mass is 263 g/mol. The van der Waals surface area contributed by atoms with E-state index in [1.54, 1.807) is 7.11 Å². The molecule has 0 aromatic heterocycles. The SMILES string of the molecule is CCC[C@@H](O)CN(Cc1ccccc1OC)C1CC1. The first-order valence-electron chi connectivity index (χ1n) is 7.28. The van der Waals surface area contributed by atoms with E-state index in [0.717, 1.165) is 31.7 Å². The minimum Gasteiger partial charge on any atom is -0.496 e. The third-order valence-electron chi connectivity index (χ3n) is 3.70. The summed E-state index contributed by atoms with van der Waals surface area (Å²) in [6.45, 7) is 3.76. The van der Waals surface area contributed by atoms with E-state index in [1.807, 2.05) is 18.2 Å². The summed E-state index contributed by atoms with van der Waals surface area (Å²) >= 11 is 0. The summed E-state index contributed by atoms with van der Waals surface area (Å²) in [5, 5.41) is 10.0. The van der Waals surface area contributed by atoms with Gasteiger partial charge >= 0.3 is 0 Å². The fraction of sp³-hybridized carbons (Fsp3) is 0.625. The molecule has 19 heavy (non-hydrogen) atoms. The second-order valence-corrected chi connectivity index (χ2v) is 5.41. The van der Waals surface area contributed by atoms with E-state index >= 15 is 0 Å². The minimum atomic E-state index is -0.208. The molecule has 0 aliphatic heterocycles. The third kappa shape index (κ3) is 4.22. The van der Waals surface area contributed by atoms with Crippen LogP contribution in [0.3, 0.4) is 0 Å². The van der Waals surface area contributed by atoms with Crippen LogP contribution in [0.2, 0.25) is 0 Å². The van der Waals surface area contributed by atoms with Gasteiger partial charge in [0.1, 0.15) is 5.75 Å². The van der Waals surface area contributed by atoms with Crippen LogP contribution in [-0.2, 0) is 6.54 Å². The maximum Gasteiger partial charge on any atom is 0.123 e. The van der Waals surface area contributed by atoms with Gasteiger partial charge in [-0.15, -0.1) is 0 Å². The van der Waals surface area contributed by atoms with Gasteiger partial charge in [-0.2, -0.15) is 0 Å². The van der Waals surface area contributed by atoms with Gasteiger partial charge in [0.05, 0.1) is 13.2 Å². The minimum absolute atomic E-state index is 0.208. The van der Waals surface area contributed by atoms with Gasteiger partial charge in [0.2, 0.25) is 0 Å². The summed E-state index contributed by atoms with van der Waals surface area (Å²) in [5.41, 5.74) is 1.21. The number of hydrogen-bond acceptors (Lipinski definition) is 3. The van der Waals surface area contributed by atoms with Crippen LogP contribution in [0, 0.1) is 0 Å². The smallest absolute Gasteiger partial charge is 0.123 e. The van der Waals surface area contributed by atoms with Gasteiger partial charge in [0, 0.05) is 24.7 Å². The maximum atomic E-state index is 10.0. The van der Waals surface area contributed by atoms with Crippen molar-refractivity contribution in [1.82, 2.24) is 4.90 Å². The van der Waals surface area contributed by atoms with Crippen molar-refractivity contribution in [3.8, 4) is 5.75 Å². The highest BCUT2D eigenvalue weighted by Gasteiger charge is 2.30. The number of benzene rings is 1. The summed E-state index contributed by atoms with van der Waals surface area (Å²) in [6.07, 6.45) is 4.23. The standard InChI is InChI=1S/C16H25NO2/c1-3-6-15(18)12-17(14-9-10-14)11-13-7-4-5-8-16(13)19-2/h4-5,7-8,14-15,18H,3,6,9-12H2,1-2H3/t15-/m1/s1. The molecule has 0 bridgehead atoms. The molecule has 1 atom stereocenters. The lowest BCUT2D eigenvalue weighted by atomic mass is 10.1. The molecule has 1 N–H and O–H groups in total. The highest BCUT2D eigenvalue weighted by Crippen LogP contribution is 2.30. The Bertz CT molecular complexity index is 390. The predicted molar refractivity (Wildman–Crippen MR) is 77.3 cm³/mol. The molecule has 0 saturated heterocycles. The molecule has 0 heterocycles. The van der Waals surface area contributed by atoms with E-state index in [0.29, 0.717) is 6.04 Å². The van der Waals surface area contributed by atoms with Gasteiger partial charge < -0.3 is 9.84 Å². The van der Waals surface area contributed by atoms with Crippen molar-refractivity contribution in [3.63, 3.8) is 0 Å². The van der Waals surface area contributed by atoms with Gasteiger partial charge in [-0.05, 0) is 25.3 Å². The molecule has 0 radical (unpaired) electrons. The summed E-state index contributed by atoms with van der Waals surface area (Å²) in [7, 11) is 1.71. The zero-order valence-corrected chi connectivity index (χ0v) is 12.0. The third-order valence-corrected chi connectivity index (χ3v) is 3.70. The number of nitrogens with zero attached hydrogens (tertiary/aromatic N) is 1. The van der Waals surface area contributed by atoms with Crippen LogP contribution >= 0.6 is 0 Å². The van der Waals surface area contributed by atoms with Crippen molar-refractivity contribution in [2.24, 2.45) is 0 Å². The number of ether oxygens (including phenoxy) is 1.